The van der Waals surface area contributed by atoms with E-state index in [2.05, 4.69) is 33.5 Å². The van der Waals surface area contributed by atoms with E-state index in [0.29, 0.717) is 0 Å². The SMILES string of the molecule is CNc1nc(C)nc(-c2cccc3c2OCCC3)c1C. The van der Waals surface area contributed by atoms with E-state index in [1.54, 1.807) is 0 Å². The maximum Gasteiger partial charge on any atom is 0.132 e. The lowest BCUT2D eigenvalue weighted by Crippen LogP contribution is -2.10. The molecule has 0 atom stereocenters. The number of nitrogens with one attached hydrogen (secondary N) is 1. The van der Waals surface area contributed by atoms with Crippen molar-refractivity contribution < 1.29 is 4.74 Å². The number of rotatable bonds is 2. The molecule has 4 heteroatoms. The van der Waals surface area contributed by atoms with Crippen LogP contribution in [0.25, 0.3) is 11.3 Å². The number of aryl methyl sites for hydroxylation is 2. The molecule has 0 unspecified atom stereocenters. The molecule has 1 N–H and O–H groups in total. The predicted octanol–water partition coefficient (Wildman–Crippen LogP) is 3.13. The van der Waals surface area contributed by atoms with Gasteiger partial charge in [-0.15, -0.1) is 0 Å². The number of fused-ring (bicyclic) bond motifs is 1. The van der Waals surface area contributed by atoms with Gasteiger partial charge in [0.25, 0.3) is 0 Å². The lowest BCUT2D eigenvalue weighted by molar-refractivity contribution is 0.289. The zero-order valence-electron chi connectivity index (χ0n) is 12.2. The second-order valence-corrected chi connectivity index (χ2v) is 5.09. The first-order valence-corrected chi connectivity index (χ1v) is 6.98. The number of ether oxygens (including phenoxy) is 1. The van der Waals surface area contributed by atoms with Crippen molar-refractivity contribution in [2.24, 2.45) is 0 Å². The number of nitrogens with zero attached hydrogens (tertiary/aromatic N) is 2. The van der Waals surface area contributed by atoms with E-state index < -0.39 is 0 Å². The summed E-state index contributed by atoms with van der Waals surface area (Å²) >= 11 is 0. The van der Waals surface area contributed by atoms with Crippen LogP contribution in [-0.2, 0) is 6.42 Å². The summed E-state index contributed by atoms with van der Waals surface area (Å²) in [5.41, 5.74) is 4.36. The Morgan fingerprint density at radius 1 is 1.20 bits per heavy atom. The van der Waals surface area contributed by atoms with E-state index in [4.69, 9.17) is 4.74 Å². The minimum atomic E-state index is 0.767. The highest BCUT2D eigenvalue weighted by Crippen LogP contribution is 2.37. The van der Waals surface area contributed by atoms with E-state index in [1.807, 2.05) is 20.9 Å². The van der Waals surface area contributed by atoms with Crippen LogP contribution in [0.2, 0.25) is 0 Å². The number of para-hydroxylation sites is 1. The molecule has 1 aromatic carbocycles. The Morgan fingerprint density at radius 3 is 2.85 bits per heavy atom. The predicted molar refractivity (Wildman–Crippen MR) is 80.3 cm³/mol. The fourth-order valence-corrected chi connectivity index (χ4v) is 2.71. The highest BCUT2D eigenvalue weighted by atomic mass is 16.5. The molecule has 2 heterocycles. The van der Waals surface area contributed by atoms with Crippen LogP contribution in [0.3, 0.4) is 0 Å². The molecule has 0 saturated carbocycles. The summed E-state index contributed by atoms with van der Waals surface area (Å²) in [5.74, 6) is 2.63. The lowest BCUT2D eigenvalue weighted by Gasteiger charge is -2.21. The van der Waals surface area contributed by atoms with Crippen molar-refractivity contribution in [3.8, 4) is 17.0 Å². The van der Waals surface area contributed by atoms with E-state index in [9.17, 15) is 0 Å². The number of anilines is 1. The summed E-state index contributed by atoms with van der Waals surface area (Å²) in [6, 6.07) is 6.30. The van der Waals surface area contributed by atoms with Gasteiger partial charge in [-0.05, 0) is 38.3 Å². The number of aromatic nitrogens is 2. The molecule has 0 radical (unpaired) electrons. The Morgan fingerprint density at radius 2 is 2.05 bits per heavy atom. The number of hydrogen-bond acceptors (Lipinski definition) is 4. The smallest absolute Gasteiger partial charge is 0.132 e. The van der Waals surface area contributed by atoms with Crippen molar-refractivity contribution in [1.29, 1.82) is 0 Å². The first kappa shape index (κ1) is 12.9. The summed E-state index contributed by atoms with van der Waals surface area (Å²) in [5, 5.41) is 3.13. The minimum Gasteiger partial charge on any atom is -0.493 e. The van der Waals surface area contributed by atoms with Gasteiger partial charge < -0.3 is 10.1 Å². The van der Waals surface area contributed by atoms with Crippen LogP contribution >= 0.6 is 0 Å². The van der Waals surface area contributed by atoms with Crippen molar-refractivity contribution in [3.63, 3.8) is 0 Å². The molecular weight excluding hydrogens is 250 g/mol. The molecule has 0 fully saturated rings. The van der Waals surface area contributed by atoms with Crippen LogP contribution < -0.4 is 10.1 Å². The summed E-state index contributed by atoms with van der Waals surface area (Å²) in [6.45, 7) is 4.74. The highest BCUT2D eigenvalue weighted by molar-refractivity contribution is 5.75. The molecule has 20 heavy (non-hydrogen) atoms. The van der Waals surface area contributed by atoms with Gasteiger partial charge in [-0.3, -0.25) is 0 Å². The molecule has 0 aliphatic carbocycles. The molecule has 0 spiro atoms. The quantitative estimate of drug-likeness (QED) is 0.910. The van der Waals surface area contributed by atoms with E-state index in [0.717, 1.165) is 53.7 Å². The van der Waals surface area contributed by atoms with Crippen molar-refractivity contribution in [1.82, 2.24) is 9.97 Å². The number of hydrogen-bond donors (Lipinski definition) is 1. The van der Waals surface area contributed by atoms with E-state index in [1.165, 1.54) is 5.56 Å². The highest BCUT2D eigenvalue weighted by Gasteiger charge is 2.19. The normalized spacial score (nSPS) is 13.6. The fourth-order valence-electron chi connectivity index (χ4n) is 2.71. The van der Waals surface area contributed by atoms with Crippen LogP contribution in [0.4, 0.5) is 5.82 Å². The molecule has 0 bridgehead atoms. The monoisotopic (exact) mass is 269 g/mol. The molecule has 2 aromatic rings. The third kappa shape index (κ3) is 2.11. The molecule has 0 amide bonds. The van der Waals surface area contributed by atoms with Crippen LogP contribution in [0.15, 0.2) is 18.2 Å². The topological polar surface area (TPSA) is 47.0 Å². The second-order valence-electron chi connectivity index (χ2n) is 5.09. The Labute approximate surface area is 119 Å². The Kier molecular flexibility index (Phi) is 3.30. The van der Waals surface area contributed by atoms with Gasteiger partial charge in [0.1, 0.15) is 17.4 Å². The number of benzene rings is 1. The van der Waals surface area contributed by atoms with Gasteiger partial charge in [-0.2, -0.15) is 0 Å². The first-order chi connectivity index (χ1) is 9.70. The zero-order chi connectivity index (χ0) is 14.1. The third-order valence-corrected chi connectivity index (χ3v) is 3.68. The van der Waals surface area contributed by atoms with Gasteiger partial charge in [0.05, 0.1) is 12.3 Å². The average Bonchev–Trinajstić information content (AvgIpc) is 2.48. The molecule has 3 rings (SSSR count). The maximum absolute atomic E-state index is 5.90. The molecular formula is C16H19N3O. The second kappa shape index (κ2) is 5.12. The Balaban J connectivity index is 2.21. The van der Waals surface area contributed by atoms with Crippen molar-refractivity contribution >= 4 is 5.82 Å². The standard InChI is InChI=1S/C16H19N3O/c1-10-14(18-11(2)19-16(10)17-3)13-8-4-6-12-7-5-9-20-15(12)13/h4,6,8H,5,7,9H2,1-3H3,(H,17,18,19). The van der Waals surface area contributed by atoms with Crippen LogP contribution in [0.1, 0.15) is 23.4 Å². The fraction of sp³-hybridized carbons (Fsp3) is 0.375. The summed E-state index contributed by atoms with van der Waals surface area (Å²) in [4.78, 5) is 9.05. The van der Waals surface area contributed by atoms with Crippen LogP contribution in [0.5, 0.6) is 5.75 Å². The molecule has 104 valence electrons. The molecule has 0 saturated heterocycles. The van der Waals surface area contributed by atoms with Crippen molar-refractivity contribution in [3.05, 3.63) is 35.2 Å². The molecule has 1 aliphatic rings. The van der Waals surface area contributed by atoms with Gasteiger partial charge in [-0.25, -0.2) is 9.97 Å². The van der Waals surface area contributed by atoms with Crippen LogP contribution in [-0.4, -0.2) is 23.6 Å². The van der Waals surface area contributed by atoms with Gasteiger partial charge in [-0.1, -0.05) is 12.1 Å². The van der Waals surface area contributed by atoms with Crippen LogP contribution in [0, 0.1) is 13.8 Å². The molecule has 4 nitrogen and oxygen atoms in total. The molecule has 1 aliphatic heterocycles. The Bertz CT molecular complexity index is 652. The van der Waals surface area contributed by atoms with Crippen molar-refractivity contribution in [2.75, 3.05) is 19.0 Å². The minimum absolute atomic E-state index is 0.767. The average molecular weight is 269 g/mol. The van der Waals surface area contributed by atoms with Gasteiger partial charge in [0.2, 0.25) is 0 Å². The summed E-state index contributed by atoms with van der Waals surface area (Å²) in [7, 11) is 1.88. The van der Waals surface area contributed by atoms with E-state index in [-0.39, 0.29) is 0 Å². The largest absolute Gasteiger partial charge is 0.493 e. The first-order valence-electron chi connectivity index (χ1n) is 6.98. The third-order valence-electron chi connectivity index (χ3n) is 3.68. The van der Waals surface area contributed by atoms with Crippen molar-refractivity contribution in [2.45, 2.75) is 26.7 Å². The van der Waals surface area contributed by atoms with Gasteiger partial charge >= 0.3 is 0 Å². The van der Waals surface area contributed by atoms with Gasteiger partial charge in [0, 0.05) is 18.2 Å². The molecule has 1 aromatic heterocycles. The summed E-state index contributed by atoms with van der Waals surface area (Å²) in [6.07, 6.45) is 2.16. The zero-order valence-corrected chi connectivity index (χ0v) is 12.2. The Hall–Kier alpha value is -2.10. The lowest BCUT2D eigenvalue weighted by atomic mass is 9.98. The maximum atomic E-state index is 5.90. The van der Waals surface area contributed by atoms with E-state index >= 15 is 0 Å². The van der Waals surface area contributed by atoms with Gasteiger partial charge in [0.15, 0.2) is 0 Å². The summed E-state index contributed by atoms with van der Waals surface area (Å²) < 4.78 is 5.90.